The summed E-state index contributed by atoms with van der Waals surface area (Å²) in [6.45, 7) is 12.1. The Hall–Kier alpha value is -4.13. The Morgan fingerprint density at radius 3 is 2.48 bits per heavy atom. The van der Waals surface area contributed by atoms with Gasteiger partial charge in [-0.3, -0.25) is 19.1 Å². The van der Waals surface area contributed by atoms with Crippen molar-refractivity contribution in [2.24, 2.45) is 7.05 Å². The molecular weight excluding hydrogens is 501 g/mol. The number of rotatable bonds is 8. The van der Waals surface area contributed by atoms with Crippen molar-refractivity contribution in [2.45, 2.75) is 66.8 Å². The lowest BCUT2D eigenvalue weighted by Crippen LogP contribution is -2.17. The van der Waals surface area contributed by atoms with Crippen LogP contribution in [0, 0.1) is 33.5 Å². The highest BCUT2D eigenvalue weighted by Gasteiger charge is 2.24. The first-order chi connectivity index (χ1) is 19.2. The van der Waals surface area contributed by atoms with Gasteiger partial charge in [-0.05, 0) is 75.1 Å². The van der Waals surface area contributed by atoms with E-state index in [4.69, 9.17) is 4.98 Å². The molecule has 1 unspecified atom stereocenters. The second-order valence-corrected chi connectivity index (χ2v) is 10.2. The van der Waals surface area contributed by atoms with Gasteiger partial charge in [0, 0.05) is 49.7 Å². The molecular formula is C33H40FN5O. The topological polar surface area (TPSA) is 65.6 Å². The van der Waals surface area contributed by atoms with E-state index in [-0.39, 0.29) is 31.9 Å². The fourth-order valence-corrected chi connectivity index (χ4v) is 5.55. The van der Waals surface area contributed by atoms with Gasteiger partial charge < -0.3 is 0 Å². The monoisotopic (exact) mass is 542 g/mol. The van der Waals surface area contributed by atoms with Crippen LogP contribution in [0.1, 0.15) is 61.4 Å². The number of ketones is 1. The van der Waals surface area contributed by atoms with E-state index in [1.807, 2.05) is 70.7 Å². The van der Waals surface area contributed by atoms with Crippen LogP contribution in [0.25, 0.3) is 22.0 Å². The van der Waals surface area contributed by atoms with Crippen molar-refractivity contribution in [3.63, 3.8) is 0 Å². The lowest BCUT2D eigenvalue weighted by Gasteiger charge is -2.21. The van der Waals surface area contributed by atoms with Gasteiger partial charge in [-0.25, -0.2) is 4.39 Å². The fraction of sp³-hybridized carbons (Fsp3) is 0.333. The van der Waals surface area contributed by atoms with Crippen LogP contribution in [0.15, 0.2) is 60.9 Å². The summed E-state index contributed by atoms with van der Waals surface area (Å²) in [5, 5.41) is 10.2. The molecule has 0 aliphatic carbocycles. The summed E-state index contributed by atoms with van der Waals surface area (Å²) in [4.78, 5) is 18.1. The number of carbonyl (C=O) groups excluding carboxylic acids is 1. The minimum absolute atomic E-state index is 0. The van der Waals surface area contributed by atoms with Gasteiger partial charge in [0.05, 0.1) is 29.1 Å². The largest absolute Gasteiger partial charge is 0.298 e. The minimum Gasteiger partial charge on any atom is -0.298 e. The van der Waals surface area contributed by atoms with Gasteiger partial charge in [0.2, 0.25) is 0 Å². The number of aryl methyl sites for hydroxylation is 5. The maximum Gasteiger partial charge on any atom is 0.154 e. The van der Waals surface area contributed by atoms with E-state index in [0.29, 0.717) is 6.42 Å². The van der Waals surface area contributed by atoms with Crippen LogP contribution in [-0.4, -0.2) is 30.3 Å². The maximum atomic E-state index is 14.3. The van der Waals surface area contributed by atoms with Crippen LogP contribution in [0.5, 0.6) is 0 Å². The second kappa shape index (κ2) is 12.4. The summed E-state index contributed by atoms with van der Waals surface area (Å²) in [5.74, 6) is -0.473. The van der Waals surface area contributed by atoms with Crippen molar-refractivity contribution in [3.8, 4) is 11.1 Å². The van der Waals surface area contributed by atoms with Gasteiger partial charge in [0.25, 0.3) is 0 Å². The standard InChI is InChI=1S/C31H32FN5O.C2H6.H2/c1-19-13-23(16-25(32)14-19)15-24(17-26(38)18-37-12-10-21(3)34-37)30-27(7-6-11-33-30)28-9-8-20(2)29-22(4)35-36(5)31(28)29;1-2;/h6-14,16,24H,15,17-18H2,1-5H3;1-2H3;1H/i;;1+1. The third kappa shape index (κ3) is 6.19. The van der Waals surface area contributed by atoms with Crippen molar-refractivity contribution in [1.29, 1.82) is 0 Å². The molecule has 0 bridgehead atoms. The summed E-state index contributed by atoms with van der Waals surface area (Å²) < 4.78 is 17.9. The molecule has 0 aliphatic heterocycles. The maximum absolute atomic E-state index is 14.3. The zero-order valence-electron chi connectivity index (χ0n) is 24.5. The van der Waals surface area contributed by atoms with E-state index in [1.54, 1.807) is 16.9 Å². The molecule has 5 aromatic rings. The van der Waals surface area contributed by atoms with Gasteiger partial charge in [0.1, 0.15) is 5.82 Å². The number of hydrogen-bond acceptors (Lipinski definition) is 4. The molecule has 0 saturated carbocycles. The predicted molar refractivity (Wildman–Crippen MR) is 161 cm³/mol. The molecule has 0 spiro atoms. The number of hydrogen-bond donors (Lipinski definition) is 0. The van der Waals surface area contributed by atoms with Crippen molar-refractivity contribution in [1.82, 2.24) is 24.5 Å². The van der Waals surface area contributed by atoms with E-state index < -0.39 is 0 Å². The van der Waals surface area contributed by atoms with Gasteiger partial charge in [-0.1, -0.05) is 38.1 Å². The molecule has 40 heavy (non-hydrogen) atoms. The Kier molecular flexibility index (Phi) is 8.93. The van der Waals surface area contributed by atoms with Crippen LogP contribution in [0.4, 0.5) is 4.39 Å². The van der Waals surface area contributed by atoms with Crippen LogP contribution in [0.2, 0.25) is 0 Å². The third-order valence-electron chi connectivity index (χ3n) is 7.06. The zero-order valence-corrected chi connectivity index (χ0v) is 24.5. The smallest absolute Gasteiger partial charge is 0.154 e. The van der Waals surface area contributed by atoms with Crippen LogP contribution in [-0.2, 0) is 24.8 Å². The highest BCUT2D eigenvalue weighted by Crippen LogP contribution is 2.37. The zero-order chi connectivity index (χ0) is 29.0. The molecule has 3 heterocycles. The van der Waals surface area contributed by atoms with Crippen molar-refractivity contribution < 1.29 is 10.6 Å². The molecule has 1 atom stereocenters. The normalized spacial score (nSPS) is 11.8. The quantitative estimate of drug-likeness (QED) is 0.204. The lowest BCUT2D eigenvalue weighted by molar-refractivity contribution is -0.120. The van der Waals surface area contributed by atoms with E-state index in [2.05, 4.69) is 35.3 Å². The molecule has 0 N–H and O–H groups in total. The molecule has 7 heteroatoms. The average molecular weight is 543 g/mol. The van der Waals surface area contributed by atoms with Gasteiger partial charge in [-0.2, -0.15) is 10.2 Å². The summed E-state index contributed by atoms with van der Waals surface area (Å²) in [7, 11) is 1.96. The van der Waals surface area contributed by atoms with E-state index in [9.17, 15) is 9.18 Å². The Labute approximate surface area is 237 Å². The Morgan fingerprint density at radius 2 is 1.77 bits per heavy atom. The molecule has 210 valence electrons. The molecule has 0 saturated heterocycles. The molecule has 0 aliphatic rings. The van der Waals surface area contributed by atoms with E-state index >= 15 is 0 Å². The third-order valence-corrected chi connectivity index (χ3v) is 7.06. The predicted octanol–water partition coefficient (Wildman–Crippen LogP) is 7.46. The van der Waals surface area contributed by atoms with Gasteiger partial charge in [0.15, 0.2) is 5.78 Å². The van der Waals surface area contributed by atoms with Crippen molar-refractivity contribution in [3.05, 3.63) is 101 Å². The number of halogens is 1. The Balaban J connectivity index is 0.00000151. The summed E-state index contributed by atoms with van der Waals surface area (Å²) >= 11 is 0. The molecule has 0 fully saturated rings. The summed E-state index contributed by atoms with van der Waals surface area (Å²) in [5.41, 5.74) is 8.54. The van der Waals surface area contributed by atoms with Crippen LogP contribution < -0.4 is 0 Å². The second-order valence-electron chi connectivity index (χ2n) is 10.2. The van der Waals surface area contributed by atoms with Crippen LogP contribution in [0.3, 0.4) is 0 Å². The number of pyridine rings is 1. The number of benzene rings is 2. The molecule has 2 aromatic carbocycles. The Morgan fingerprint density at radius 1 is 1.00 bits per heavy atom. The van der Waals surface area contributed by atoms with E-state index in [0.717, 1.165) is 55.8 Å². The number of Topliss-reactive ketones (excluding diaryl/α,β-unsaturated/α-hetero) is 1. The van der Waals surface area contributed by atoms with Gasteiger partial charge in [-0.15, -0.1) is 0 Å². The van der Waals surface area contributed by atoms with Gasteiger partial charge >= 0.3 is 0 Å². The number of fused-ring (bicyclic) bond motifs is 1. The van der Waals surface area contributed by atoms with E-state index in [1.165, 1.54) is 6.07 Å². The average Bonchev–Trinajstić information content (AvgIpc) is 3.46. The number of carbonyl (C=O) groups is 1. The molecule has 0 radical (unpaired) electrons. The minimum atomic E-state index is -0.274. The Bertz CT molecular complexity index is 1630. The van der Waals surface area contributed by atoms with Crippen molar-refractivity contribution >= 4 is 16.7 Å². The highest BCUT2D eigenvalue weighted by molar-refractivity contribution is 5.98. The number of aromatic nitrogens is 5. The number of nitrogens with zero attached hydrogens (tertiary/aromatic N) is 5. The fourth-order valence-electron chi connectivity index (χ4n) is 5.55. The summed E-state index contributed by atoms with van der Waals surface area (Å²) in [6, 6.07) is 15.1. The summed E-state index contributed by atoms with van der Waals surface area (Å²) in [6.07, 6.45) is 4.34. The molecule has 3 aromatic heterocycles. The van der Waals surface area contributed by atoms with Crippen LogP contribution >= 0.6 is 0 Å². The first-order valence-corrected chi connectivity index (χ1v) is 13.9. The first kappa shape index (κ1) is 28.9. The molecule has 6 nitrogen and oxygen atoms in total. The highest BCUT2D eigenvalue weighted by atomic mass is 19.1. The molecule has 0 amide bonds. The SMILES string of the molecule is CC.Cc1cc(F)cc(CC(CC(=O)Cn2ccc(C)n2)c2ncccc2-c2ccc(C)c3c(C)nn(C)c23)c1.[2HH]. The van der Waals surface area contributed by atoms with Crippen molar-refractivity contribution in [2.75, 3.05) is 0 Å². The first-order valence-electron chi connectivity index (χ1n) is 13.9. The molecule has 5 rings (SSSR count). The lowest BCUT2D eigenvalue weighted by atomic mass is 9.86.